The van der Waals surface area contributed by atoms with Gasteiger partial charge in [0.1, 0.15) is 28.9 Å². The Morgan fingerprint density at radius 3 is 2.71 bits per heavy atom. The molecule has 3 aromatic rings. The first-order valence-corrected chi connectivity index (χ1v) is 10.7. The van der Waals surface area contributed by atoms with Crippen LogP contribution >= 0.6 is 0 Å². The maximum Gasteiger partial charge on any atom is 0.289 e. The second-order valence-corrected chi connectivity index (χ2v) is 8.92. The zero-order chi connectivity index (χ0) is 22.2. The van der Waals surface area contributed by atoms with E-state index in [0.29, 0.717) is 30.7 Å². The van der Waals surface area contributed by atoms with E-state index >= 15 is 0 Å². The molecule has 1 aliphatic heterocycles. The summed E-state index contributed by atoms with van der Waals surface area (Å²) in [5.41, 5.74) is 0.683. The Kier molecular flexibility index (Phi) is 5.75. The number of aliphatic hydroxyl groups is 1. The first kappa shape index (κ1) is 21.4. The Bertz CT molecular complexity index is 1070. The van der Waals surface area contributed by atoms with E-state index in [4.69, 9.17) is 9.15 Å². The monoisotopic (exact) mass is 425 g/mol. The normalized spacial score (nSPS) is 21.6. The van der Waals surface area contributed by atoms with E-state index in [1.807, 2.05) is 39.0 Å². The van der Waals surface area contributed by atoms with Gasteiger partial charge in [0.15, 0.2) is 5.76 Å². The molecule has 31 heavy (non-hydrogen) atoms. The van der Waals surface area contributed by atoms with Crippen LogP contribution in [0.15, 0.2) is 52.9 Å². The van der Waals surface area contributed by atoms with Gasteiger partial charge in [-0.05, 0) is 68.1 Å². The van der Waals surface area contributed by atoms with E-state index in [0.717, 1.165) is 10.9 Å². The van der Waals surface area contributed by atoms with E-state index in [1.165, 1.54) is 24.3 Å². The zero-order valence-corrected chi connectivity index (χ0v) is 18.1. The van der Waals surface area contributed by atoms with Crippen LogP contribution in [-0.2, 0) is 0 Å². The number of aryl methyl sites for hydroxylation is 1. The summed E-state index contributed by atoms with van der Waals surface area (Å²) in [6, 6.07) is 13.3. The number of benzene rings is 2. The van der Waals surface area contributed by atoms with Gasteiger partial charge in [0.2, 0.25) is 0 Å². The molecule has 2 aromatic carbocycles. The third-order valence-electron chi connectivity index (χ3n) is 5.82. The summed E-state index contributed by atoms with van der Waals surface area (Å²) in [4.78, 5) is 14.8. The van der Waals surface area contributed by atoms with E-state index in [2.05, 4.69) is 0 Å². The van der Waals surface area contributed by atoms with Crippen LogP contribution in [-0.4, -0.2) is 40.7 Å². The fourth-order valence-electron chi connectivity index (χ4n) is 4.32. The molecule has 1 fully saturated rings. The zero-order valence-electron chi connectivity index (χ0n) is 18.1. The average Bonchev–Trinajstić information content (AvgIpc) is 3.13. The van der Waals surface area contributed by atoms with Crippen LogP contribution < -0.4 is 4.74 Å². The van der Waals surface area contributed by atoms with Crippen molar-refractivity contribution in [2.24, 2.45) is 5.92 Å². The number of ether oxygens (including phenoxy) is 1. The van der Waals surface area contributed by atoms with E-state index in [-0.39, 0.29) is 29.9 Å². The molecule has 0 spiro atoms. The minimum atomic E-state index is -1.08. The molecule has 6 heteroatoms. The van der Waals surface area contributed by atoms with Crippen molar-refractivity contribution in [2.75, 3.05) is 13.1 Å². The highest BCUT2D eigenvalue weighted by atomic mass is 19.1. The van der Waals surface area contributed by atoms with Gasteiger partial charge in [-0.1, -0.05) is 25.5 Å². The van der Waals surface area contributed by atoms with Crippen molar-refractivity contribution >= 4 is 16.9 Å². The Labute approximate surface area is 181 Å². The highest BCUT2D eigenvalue weighted by Crippen LogP contribution is 2.33. The number of amides is 1. The highest BCUT2D eigenvalue weighted by molar-refractivity contribution is 5.96. The van der Waals surface area contributed by atoms with Crippen LogP contribution in [0.1, 0.15) is 42.8 Å². The molecule has 0 bridgehead atoms. The number of likely N-dealkylation sites (tertiary alicyclic amines) is 1. The summed E-state index contributed by atoms with van der Waals surface area (Å²) in [6.07, 6.45) is 0.303. The smallest absolute Gasteiger partial charge is 0.289 e. The number of carbonyl (C=O) groups is 1. The topological polar surface area (TPSA) is 62.9 Å². The Hall–Kier alpha value is -2.86. The second-order valence-electron chi connectivity index (χ2n) is 8.92. The van der Waals surface area contributed by atoms with Gasteiger partial charge >= 0.3 is 0 Å². The fourth-order valence-corrected chi connectivity index (χ4v) is 4.32. The van der Waals surface area contributed by atoms with Crippen LogP contribution in [0.4, 0.5) is 4.39 Å². The summed E-state index contributed by atoms with van der Waals surface area (Å²) < 4.78 is 25.2. The van der Waals surface area contributed by atoms with Gasteiger partial charge in [-0.2, -0.15) is 0 Å². The summed E-state index contributed by atoms with van der Waals surface area (Å²) in [6.45, 7) is 6.70. The lowest BCUT2D eigenvalue weighted by atomic mass is 9.81. The quantitative estimate of drug-likeness (QED) is 0.628. The molecule has 4 rings (SSSR count). The molecule has 2 atom stereocenters. The maximum atomic E-state index is 13.3. The molecule has 2 heterocycles. The molecule has 1 amide bonds. The van der Waals surface area contributed by atoms with E-state index in [1.54, 1.807) is 11.0 Å². The molecular formula is C25H28FNO4. The van der Waals surface area contributed by atoms with Crippen LogP contribution in [0.2, 0.25) is 0 Å². The molecule has 5 nitrogen and oxygen atoms in total. The lowest BCUT2D eigenvalue weighted by Crippen LogP contribution is -2.59. The first-order chi connectivity index (χ1) is 14.7. The van der Waals surface area contributed by atoms with Crippen molar-refractivity contribution in [1.82, 2.24) is 4.90 Å². The lowest BCUT2D eigenvalue weighted by Gasteiger charge is -2.44. The molecule has 1 aromatic heterocycles. The van der Waals surface area contributed by atoms with Crippen molar-refractivity contribution in [3.8, 4) is 5.75 Å². The van der Waals surface area contributed by atoms with Crippen LogP contribution in [0.25, 0.3) is 11.0 Å². The second kappa shape index (κ2) is 8.35. The standard InChI is InChI=1S/C25H28FNO4/c1-16(2)14-25(29)10-11-27(15-23(25)30-20-7-5-19(26)6-8-20)24(28)22-13-18-12-17(3)4-9-21(18)31-22/h4-9,12-13,16,23,29H,10-11,14-15H2,1-3H3/t23-,25+/m0/s1. The van der Waals surface area contributed by atoms with Crippen molar-refractivity contribution in [1.29, 1.82) is 0 Å². The van der Waals surface area contributed by atoms with Gasteiger partial charge in [0, 0.05) is 11.9 Å². The highest BCUT2D eigenvalue weighted by Gasteiger charge is 2.45. The first-order valence-electron chi connectivity index (χ1n) is 10.7. The summed E-state index contributed by atoms with van der Waals surface area (Å²) in [5.74, 6) is 0.404. The number of carbonyl (C=O) groups excluding carboxylic acids is 1. The summed E-state index contributed by atoms with van der Waals surface area (Å²) in [7, 11) is 0. The third-order valence-corrected chi connectivity index (χ3v) is 5.82. The SMILES string of the molecule is Cc1ccc2oc(C(=O)N3CC[C@@](O)(CC(C)C)[C@@H](Oc4ccc(F)cc4)C3)cc2c1. The van der Waals surface area contributed by atoms with Crippen LogP contribution in [0.3, 0.4) is 0 Å². The largest absolute Gasteiger partial charge is 0.486 e. The number of hydrogen-bond acceptors (Lipinski definition) is 4. The molecule has 1 aliphatic rings. The van der Waals surface area contributed by atoms with Gasteiger partial charge in [0.25, 0.3) is 5.91 Å². The number of hydrogen-bond donors (Lipinski definition) is 1. The Balaban J connectivity index is 1.57. The molecular weight excluding hydrogens is 397 g/mol. The number of halogens is 1. The Morgan fingerprint density at radius 1 is 1.26 bits per heavy atom. The molecule has 1 saturated heterocycles. The molecule has 0 saturated carbocycles. The average molecular weight is 426 g/mol. The number of nitrogens with zero attached hydrogens (tertiary/aromatic N) is 1. The fraction of sp³-hybridized carbons (Fsp3) is 0.400. The number of piperidine rings is 1. The summed E-state index contributed by atoms with van der Waals surface area (Å²) >= 11 is 0. The molecule has 164 valence electrons. The van der Waals surface area contributed by atoms with Gasteiger partial charge < -0.3 is 19.2 Å². The van der Waals surface area contributed by atoms with Gasteiger partial charge in [-0.3, -0.25) is 4.79 Å². The minimum Gasteiger partial charge on any atom is -0.486 e. The molecule has 0 aliphatic carbocycles. The number of fused-ring (bicyclic) bond motifs is 1. The third kappa shape index (κ3) is 4.59. The molecule has 1 N–H and O–H groups in total. The minimum absolute atomic E-state index is 0.218. The van der Waals surface area contributed by atoms with Gasteiger partial charge in [-0.15, -0.1) is 0 Å². The van der Waals surface area contributed by atoms with Gasteiger partial charge in [0.05, 0.1) is 6.54 Å². The Morgan fingerprint density at radius 2 is 2.00 bits per heavy atom. The van der Waals surface area contributed by atoms with E-state index < -0.39 is 11.7 Å². The van der Waals surface area contributed by atoms with Crippen molar-refractivity contribution in [3.63, 3.8) is 0 Å². The summed E-state index contributed by atoms with van der Waals surface area (Å²) in [5, 5.41) is 12.3. The van der Waals surface area contributed by atoms with E-state index in [9.17, 15) is 14.3 Å². The van der Waals surface area contributed by atoms with Crippen molar-refractivity contribution in [3.05, 3.63) is 65.7 Å². The molecule has 0 radical (unpaired) electrons. The lowest BCUT2D eigenvalue weighted by molar-refractivity contribution is -0.111. The number of rotatable bonds is 5. The van der Waals surface area contributed by atoms with Crippen LogP contribution in [0.5, 0.6) is 5.75 Å². The molecule has 0 unspecified atom stereocenters. The predicted octanol–water partition coefficient (Wildman–Crippen LogP) is 4.95. The van der Waals surface area contributed by atoms with Crippen molar-refractivity contribution in [2.45, 2.75) is 45.3 Å². The number of furan rings is 1. The van der Waals surface area contributed by atoms with Crippen LogP contribution in [0, 0.1) is 18.7 Å². The predicted molar refractivity (Wildman–Crippen MR) is 117 cm³/mol. The maximum absolute atomic E-state index is 13.3. The van der Waals surface area contributed by atoms with Gasteiger partial charge in [-0.25, -0.2) is 4.39 Å². The van der Waals surface area contributed by atoms with Crippen molar-refractivity contribution < 1.29 is 23.4 Å².